The summed E-state index contributed by atoms with van der Waals surface area (Å²) in [6.07, 6.45) is 5.01. The molecule has 2 rings (SSSR count). The lowest BCUT2D eigenvalue weighted by atomic mass is 10.1. The molecule has 0 fully saturated rings. The number of hydrogen-bond donors (Lipinski definition) is 3. The Balaban J connectivity index is 2.16. The van der Waals surface area contributed by atoms with E-state index in [1.165, 1.54) is 6.20 Å². The summed E-state index contributed by atoms with van der Waals surface area (Å²) in [5.41, 5.74) is 3.54. The minimum absolute atomic E-state index is 0.0262. The second-order valence-electron chi connectivity index (χ2n) is 4.40. The van der Waals surface area contributed by atoms with E-state index in [0.717, 1.165) is 17.7 Å². The van der Waals surface area contributed by atoms with Gasteiger partial charge in [-0.25, -0.2) is 0 Å². The number of carbonyl (C=O) groups is 1. The highest BCUT2D eigenvalue weighted by Gasteiger charge is 2.18. The Bertz CT molecular complexity index is 556. The van der Waals surface area contributed by atoms with Crippen LogP contribution in [0.1, 0.15) is 41.0 Å². The molecule has 0 radical (unpaired) electrons. The van der Waals surface area contributed by atoms with Crippen LogP contribution in [0.4, 0.5) is 5.69 Å². The number of anilines is 1. The molecule has 0 spiro atoms. The van der Waals surface area contributed by atoms with E-state index < -0.39 is 0 Å². The summed E-state index contributed by atoms with van der Waals surface area (Å²) in [6, 6.07) is 5.73. The molecule has 1 unspecified atom stereocenters. The van der Waals surface area contributed by atoms with E-state index in [-0.39, 0.29) is 11.9 Å². The van der Waals surface area contributed by atoms with E-state index in [0.29, 0.717) is 11.3 Å². The van der Waals surface area contributed by atoms with Crippen LogP contribution in [-0.2, 0) is 0 Å². The maximum absolute atomic E-state index is 12.4. The zero-order chi connectivity index (χ0) is 14.4. The molecule has 0 aromatic carbocycles. The van der Waals surface area contributed by atoms with Crippen molar-refractivity contribution in [2.24, 2.45) is 5.84 Å². The lowest BCUT2D eigenvalue weighted by molar-refractivity contribution is 0.0935. The molecule has 106 valence electrons. The van der Waals surface area contributed by atoms with Crippen LogP contribution in [0.25, 0.3) is 0 Å². The number of amides is 1. The molecule has 2 aromatic rings. The highest BCUT2D eigenvalue weighted by atomic mass is 32.1. The molecule has 0 aliphatic heterocycles. The van der Waals surface area contributed by atoms with E-state index in [1.54, 1.807) is 23.6 Å². The van der Waals surface area contributed by atoms with E-state index >= 15 is 0 Å². The number of nitrogens with zero attached hydrogens (tertiary/aromatic N) is 1. The number of aromatic nitrogens is 1. The van der Waals surface area contributed by atoms with Crippen LogP contribution < -0.4 is 16.6 Å². The van der Waals surface area contributed by atoms with Gasteiger partial charge in [0.05, 0.1) is 17.3 Å². The Morgan fingerprint density at radius 3 is 3.00 bits per heavy atom. The Morgan fingerprint density at radius 1 is 1.50 bits per heavy atom. The molecule has 1 amide bonds. The fourth-order valence-electron chi connectivity index (χ4n) is 2.00. The predicted molar refractivity (Wildman–Crippen MR) is 81.5 cm³/mol. The molecule has 20 heavy (non-hydrogen) atoms. The van der Waals surface area contributed by atoms with E-state index in [4.69, 9.17) is 5.84 Å². The van der Waals surface area contributed by atoms with Crippen molar-refractivity contribution in [2.75, 3.05) is 5.43 Å². The summed E-state index contributed by atoms with van der Waals surface area (Å²) < 4.78 is 0. The van der Waals surface area contributed by atoms with Crippen LogP contribution in [0, 0.1) is 0 Å². The van der Waals surface area contributed by atoms with Gasteiger partial charge < -0.3 is 10.7 Å². The van der Waals surface area contributed by atoms with Gasteiger partial charge in [0.2, 0.25) is 0 Å². The zero-order valence-electron chi connectivity index (χ0n) is 11.3. The SMILES string of the molecule is CCCC(NC(=O)c1cnccc1NN)c1cccs1. The van der Waals surface area contributed by atoms with E-state index in [9.17, 15) is 4.79 Å². The van der Waals surface area contributed by atoms with Crippen LogP contribution in [0.15, 0.2) is 36.0 Å². The largest absolute Gasteiger partial charge is 0.344 e. The van der Waals surface area contributed by atoms with Crippen molar-refractivity contribution in [3.63, 3.8) is 0 Å². The van der Waals surface area contributed by atoms with E-state index in [1.807, 2.05) is 17.5 Å². The Morgan fingerprint density at radius 2 is 2.35 bits per heavy atom. The topological polar surface area (TPSA) is 80.0 Å². The van der Waals surface area contributed by atoms with Gasteiger partial charge in [-0.3, -0.25) is 15.6 Å². The van der Waals surface area contributed by atoms with Crippen molar-refractivity contribution >= 4 is 22.9 Å². The Hall–Kier alpha value is -1.92. The van der Waals surface area contributed by atoms with Gasteiger partial charge in [0.25, 0.3) is 5.91 Å². The van der Waals surface area contributed by atoms with Crippen LogP contribution in [0.3, 0.4) is 0 Å². The van der Waals surface area contributed by atoms with Gasteiger partial charge in [0, 0.05) is 17.3 Å². The molecule has 0 aliphatic carbocycles. The van der Waals surface area contributed by atoms with Gasteiger partial charge in [-0.15, -0.1) is 11.3 Å². The molecule has 0 saturated carbocycles. The second-order valence-corrected chi connectivity index (χ2v) is 5.38. The number of pyridine rings is 1. The normalized spacial score (nSPS) is 11.9. The molecule has 2 aromatic heterocycles. The van der Waals surface area contributed by atoms with Gasteiger partial charge >= 0.3 is 0 Å². The average molecular weight is 290 g/mol. The summed E-state index contributed by atoms with van der Waals surface area (Å²) in [4.78, 5) is 17.5. The number of thiophene rings is 1. The third-order valence-corrected chi connectivity index (χ3v) is 3.98. The van der Waals surface area contributed by atoms with Crippen molar-refractivity contribution in [1.82, 2.24) is 10.3 Å². The van der Waals surface area contributed by atoms with Crippen molar-refractivity contribution in [2.45, 2.75) is 25.8 Å². The number of hydrazine groups is 1. The minimum atomic E-state index is -0.169. The van der Waals surface area contributed by atoms with Gasteiger partial charge in [0.15, 0.2) is 0 Å². The fraction of sp³-hybridized carbons (Fsp3) is 0.286. The first-order chi connectivity index (χ1) is 9.76. The maximum atomic E-state index is 12.4. The van der Waals surface area contributed by atoms with Crippen molar-refractivity contribution in [1.29, 1.82) is 0 Å². The fourth-order valence-corrected chi connectivity index (χ4v) is 2.81. The maximum Gasteiger partial charge on any atom is 0.255 e. The first-order valence-electron chi connectivity index (χ1n) is 6.51. The van der Waals surface area contributed by atoms with Gasteiger partial charge in [-0.1, -0.05) is 19.4 Å². The van der Waals surface area contributed by atoms with Crippen molar-refractivity contribution in [3.8, 4) is 0 Å². The number of nitrogens with two attached hydrogens (primary N) is 1. The molecule has 0 saturated heterocycles. The molecular weight excluding hydrogens is 272 g/mol. The van der Waals surface area contributed by atoms with Crippen LogP contribution in [0.5, 0.6) is 0 Å². The summed E-state index contributed by atoms with van der Waals surface area (Å²) in [7, 11) is 0. The van der Waals surface area contributed by atoms with E-state index in [2.05, 4.69) is 22.7 Å². The summed E-state index contributed by atoms with van der Waals surface area (Å²) in [5.74, 6) is 5.25. The second kappa shape index (κ2) is 7.02. The number of nitrogens with one attached hydrogen (secondary N) is 2. The van der Waals surface area contributed by atoms with Crippen LogP contribution >= 0.6 is 11.3 Å². The summed E-state index contributed by atoms with van der Waals surface area (Å²) in [5, 5.41) is 5.06. The molecule has 6 heteroatoms. The summed E-state index contributed by atoms with van der Waals surface area (Å²) in [6.45, 7) is 2.10. The molecule has 0 aliphatic rings. The van der Waals surface area contributed by atoms with Gasteiger partial charge in [-0.2, -0.15) is 0 Å². The molecule has 5 nitrogen and oxygen atoms in total. The van der Waals surface area contributed by atoms with Crippen LogP contribution in [-0.4, -0.2) is 10.9 Å². The van der Waals surface area contributed by atoms with Crippen LogP contribution in [0.2, 0.25) is 0 Å². The molecular formula is C14H18N4OS. The van der Waals surface area contributed by atoms with Gasteiger partial charge in [-0.05, 0) is 23.9 Å². The lowest BCUT2D eigenvalue weighted by Gasteiger charge is -2.17. The number of hydrogen-bond acceptors (Lipinski definition) is 5. The zero-order valence-corrected chi connectivity index (χ0v) is 12.1. The Kier molecular flexibility index (Phi) is 5.09. The number of nitrogen functional groups attached to an aromatic ring is 1. The number of carbonyl (C=O) groups excluding carboxylic acids is 1. The molecule has 4 N–H and O–H groups in total. The number of rotatable bonds is 6. The smallest absolute Gasteiger partial charge is 0.255 e. The first kappa shape index (κ1) is 14.5. The van der Waals surface area contributed by atoms with Crippen molar-refractivity contribution in [3.05, 3.63) is 46.4 Å². The monoisotopic (exact) mass is 290 g/mol. The Labute approximate surface area is 122 Å². The van der Waals surface area contributed by atoms with Crippen molar-refractivity contribution < 1.29 is 4.79 Å². The summed E-state index contributed by atoms with van der Waals surface area (Å²) >= 11 is 1.65. The molecule has 1 atom stereocenters. The standard InChI is InChI=1S/C14H18N4OS/c1-2-4-12(13-5-3-8-20-13)17-14(19)10-9-16-7-6-11(10)18-15/h3,5-9,12H,2,4,15H2,1H3,(H,16,18)(H,17,19). The third-order valence-electron chi connectivity index (χ3n) is 2.99. The average Bonchev–Trinajstić information content (AvgIpc) is 3.00. The highest BCUT2D eigenvalue weighted by Crippen LogP contribution is 2.24. The molecule has 0 bridgehead atoms. The predicted octanol–water partition coefficient (Wildman–Crippen LogP) is 2.70. The van der Waals surface area contributed by atoms with Gasteiger partial charge in [0.1, 0.15) is 0 Å². The first-order valence-corrected chi connectivity index (χ1v) is 7.39. The quantitative estimate of drug-likeness (QED) is 0.564. The molecule has 2 heterocycles. The minimum Gasteiger partial charge on any atom is -0.344 e. The highest BCUT2D eigenvalue weighted by molar-refractivity contribution is 7.10. The lowest BCUT2D eigenvalue weighted by Crippen LogP contribution is -2.29. The third kappa shape index (κ3) is 3.34.